The minimum absolute atomic E-state index is 0.116. The van der Waals surface area contributed by atoms with Crippen molar-refractivity contribution in [1.29, 1.82) is 0 Å². The molecule has 2 rings (SSSR count). The maximum absolute atomic E-state index is 13.1. The minimum atomic E-state index is -0.193. The molecule has 0 aliphatic carbocycles. The number of aryl methyl sites for hydroxylation is 2. The lowest BCUT2D eigenvalue weighted by atomic mass is 10.1. The zero-order valence-electron chi connectivity index (χ0n) is 10.8. The predicted octanol–water partition coefficient (Wildman–Crippen LogP) is 3.75. The topological polar surface area (TPSA) is 24.9 Å². The van der Waals surface area contributed by atoms with Crippen LogP contribution in [0.25, 0.3) is 0 Å². The van der Waals surface area contributed by atoms with E-state index in [9.17, 15) is 4.39 Å². The quantitative estimate of drug-likeness (QED) is 0.909. The van der Waals surface area contributed by atoms with E-state index in [1.54, 1.807) is 23.5 Å². The fourth-order valence-corrected chi connectivity index (χ4v) is 2.63. The summed E-state index contributed by atoms with van der Waals surface area (Å²) in [6.07, 6.45) is 0. The van der Waals surface area contributed by atoms with Crippen LogP contribution in [0.1, 0.15) is 34.1 Å². The summed E-state index contributed by atoms with van der Waals surface area (Å²) in [6.45, 7) is 6.84. The summed E-state index contributed by atoms with van der Waals surface area (Å²) in [7, 11) is 0. The van der Waals surface area contributed by atoms with Crippen LogP contribution < -0.4 is 5.32 Å². The van der Waals surface area contributed by atoms with Gasteiger partial charge in [0.25, 0.3) is 0 Å². The van der Waals surface area contributed by atoms with E-state index in [4.69, 9.17) is 0 Å². The number of benzene rings is 1. The Morgan fingerprint density at radius 3 is 2.78 bits per heavy atom. The molecular formula is C14H17FN2S. The van der Waals surface area contributed by atoms with Crippen LogP contribution in [0.4, 0.5) is 4.39 Å². The molecule has 0 saturated carbocycles. The highest BCUT2D eigenvalue weighted by Crippen LogP contribution is 2.18. The number of halogens is 1. The Bertz CT molecular complexity index is 517. The monoisotopic (exact) mass is 264 g/mol. The molecule has 0 aliphatic heterocycles. The standard InChI is InChI=1S/C14H17FN2S/c1-9-11(3)18-14(17-9)8-16-10(2)12-5-4-6-13(15)7-12/h4-7,10,16H,8H2,1-3H3. The zero-order valence-corrected chi connectivity index (χ0v) is 11.6. The lowest BCUT2D eigenvalue weighted by Crippen LogP contribution is -2.18. The van der Waals surface area contributed by atoms with E-state index in [0.717, 1.165) is 22.8 Å². The van der Waals surface area contributed by atoms with Gasteiger partial charge in [0, 0.05) is 17.5 Å². The molecule has 0 spiro atoms. The second-order valence-electron chi connectivity index (χ2n) is 4.41. The maximum Gasteiger partial charge on any atom is 0.123 e. The van der Waals surface area contributed by atoms with Crippen LogP contribution in [0.5, 0.6) is 0 Å². The Hall–Kier alpha value is -1.26. The van der Waals surface area contributed by atoms with Crippen LogP contribution in [0.15, 0.2) is 24.3 Å². The molecule has 0 radical (unpaired) electrons. The van der Waals surface area contributed by atoms with E-state index in [2.05, 4.69) is 17.2 Å². The van der Waals surface area contributed by atoms with Crippen molar-refractivity contribution in [3.63, 3.8) is 0 Å². The van der Waals surface area contributed by atoms with Crippen molar-refractivity contribution in [3.05, 3.63) is 51.2 Å². The van der Waals surface area contributed by atoms with Gasteiger partial charge in [0.2, 0.25) is 0 Å². The molecule has 0 saturated heterocycles. The molecule has 18 heavy (non-hydrogen) atoms. The lowest BCUT2D eigenvalue weighted by Gasteiger charge is -2.13. The highest BCUT2D eigenvalue weighted by Gasteiger charge is 2.08. The lowest BCUT2D eigenvalue weighted by molar-refractivity contribution is 0.563. The highest BCUT2D eigenvalue weighted by molar-refractivity contribution is 7.11. The van der Waals surface area contributed by atoms with Gasteiger partial charge in [-0.25, -0.2) is 9.37 Å². The van der Waals surface area contributed by atoms with Crippen molar-refractivity contribution < 1.29 is 4.39 Å². The van der Waals surface area contributed by atoms with Crippen LogP contribution in [-0.2, 0) is 6.54 Å². The molecule has 96 valence electrons. The number of nitrogens with one attached hydrogen (secondary N) is 1. The molecule has 1 aromatic carbocycles. The number of rotatable bonds is 4. The molecule has 2 aromatic rings. The predicted molar refractivity (Wildman–Crippen MR) is 73.2 cm³/mol. The third-order valence-electron chi connectivity index (χ3n) is 2.98. The van der Waals surface area contributed by atoms with Gasteiger partial charge in [0.15, 0.2) is 0 Å². The normalized spacial score (nSPS) is 12.7. The summed E-state index contributed by atoms with van der Waals surface area (Å²) in [5.41, 5.74) is 2.05. The SMILES string of the molecule is Cc1nc(CNC(C)c2cccc(F)c2)sc1C. The molecule has 1 unspecified atom stereocenters. The largest absolute Gasteiger partial charge is 0.304 e. The number of hydrogen-bond donors (Lipinski definition) is 1. The number of thiazole rings is 1. The summed E-state index contributed by atoms with van der Waals surface area (Å²) in [6, 6.07) is 6.81. The zero-order chi connectivity index (χ0) is 13.1. The van der Waals surface area contributed by atoms with Crippen molar-refractivity contribution in [1.82, 2.24) is 10.3 Å². The highest BCUT2D eigenvalue weighted by atomic mass is 32.1. The number of hydrogen-bond acceptors (Lipinski definition) is 3. The number of aromatic nitrogens is 1. The second-order valence-corrected chi connectivity index (χ2v) is 5.69. The molecule has 1 N–H and O–H groups in total. The van der Waals surface area contributed by atoms with Crippen LogP contribution in [0.2, 0.25) is 0 Å². The molecule has 1 atom stereocenters. The van der Waals surface area contributed by atoms with Gasteiger partial charge < -0.3 is 5.32 Å². The second kappa shape index (κ2) is 5.59. The fraction of sp³-hybridized carbons (Fsp3) is 0.357. The van der Waals surface area contributed by atoms with Crippen LogP contribution in [0.3, 0.4) is 0 Å². The first kappa shape index (κ1) is 13.2. The van der Waals surface area contributed by atoms with E-state index in [0.29, 0.717) is 0 Å². The van der Waals surface area contributed by atoms with Gasteiger partial charge in [-0.2, -0.15) is 0 Å². The summed E-state index contributed by atoms with van der Waals surface area (Å²) in [5, 5.41) is 4.44. The van der Waals surface area contributed by atoms with Crippen molar-refractivity contribution >= 4 is 11.3 Å². The summed E-state index contributed by atoms with van der Waals surface area (Å²) in [5.74, 6) is -0.193. The van der Waals surface area contributed by atoms with Gasteiger partial charge in [-0.15, -0.1) is 11.3 Å². The van der Waals surface area contributed by atoms with Crippen molar-refractivity contribution in [2.24, 2.45) is 0 Å². The first-order chi connectivity index (χ1) is 8.56. The molecule has 0 aliphatic rings. The molecule has 1 heterocycles. The summed E-state index contributed by atoms with van der Waals surface area (Å²) >= 11 is 1.71. The van der Waals surface area contributed by atoms with E-state index >= 15 is 0 Å². The fourth-order valence-electron chi connectivity index (χ4n) is 1.75. The van der Waals surface area contributed by atoms with Gasteiger partial charge in [-0.1, -0.05) is 12.1 Å². The van der Waals surface area contributed by atoms with Gasteiger partial charge >= 0.3 is 0 Å². The van der Waals surface area contributed by atoms with Gasteiger partial charge in [0.05, 0.1) is 5.69 Å². The number of nitrogens with zero attached hydrogens (tertiary/aromatic N) is 1. The van der Waals surface area contributed by atoms with E-state index in [1.165, 1.54) is 10.9 Å². The molecule has 1 aromatic heterocycles. The van der Waals surface area contributed by atoms with Gasteiger partial charge in [-0.05, 0) is 38.5 Å². The van der Waals surface area contributed by atoms with E-state index in [1.807, 2.05) is 19.9 Å². The average Bonchev–Trinajstić information content (AvgIpc) is 2.66. The Balaban J connectivity index is 1.98. The van der Waals surface area contributed by atoms with Crippen LogP contribution >= 0.6 is 11.3 Å². The smallest absolute Gasteiger partial charge is 0.123 e. The maximum atomic E-state index is 13.1. The molecule has 0 fully saturated rings. The Morgan fingerprint density at radius 1 is 1.39 bits per heavy atom. The third-order valence-corrected chi connectivity index (χ3v) is 4.05. The Morgan fingerprint density at radius 2 is 2.17 bits per heavy atom. The van der Waals surface area contributed by atoms with Gasteiger partial charge in [0.1, 0.15) is 10.8 Å². The third kappa shape index (κ3) is 3.15. The van der Waals surface area contributed by atoms with E-state index in [-0.39, 0.29) is 11.9 Å². The molecule has 4 heteroatoms. The van der Waals surface area contributed by atoms with Crippen LogP contribution in [-0.4, -0.2) is 4.98 Å². The first-order valence-corrected chi connectivity index (χ1v) is 6.79. The van der Waals surface area contributed by atoms with E-state index < -0.39 is 0 Å². The Labute approximate surface area is 111 Å². The summed E-state index contributed by atoms with van der Waals surface area (Å²) < 4.78 is 13.1. The minimum Gasteiger partial charge on any atom is -0.304 e. The average molecular weight is 264 g/mol. The Kier molecular flexibility index (Phi) is 4.09. The molecule has 0 amide bonds. The van der Waals surface area contributed by atoms with Crippen LogP contribution in [0, 0.1) is 19.7 Å². The van der Waals surface area contributed by atoms with Crippen molar-refractivity contribution in [3.8, 4) is 0 Å². The molecule has 0 bridgehead atoms. The first-order valence-electron chi connectivity index (χ1n) is 5.98. The van der Waals surface area contributed by atoms with Gasteiger partial charge in [-0.3, -0.25) is 0 Å². The van der Waals surface area contributed by atoms with Crippen molar-refractivity contribution in [2.75, 3.05) is 0 Å². The van der Waals surface area contributed by atoms with Crippen molar-refractivity contribution in [2.45, 2.75) is 33.4 Å². The molecular weight excluding hydrogens is 247 g/mol. The summed E-state index contributed by atoms with van der Waals surface area (Å²) in [4.78, 5) is 5.73. The molecule has 2 nitrogen and oxygen atoms in total.